The van der Waals surface area contributed by atoms with Gasteiger partial charge in [-0.25, -0.2) is 4.39 Å². The number of hydrogen-bond donors (Lipinski definition) is 1. The normalized spacial score (nSPS) is 13.0. The third-order valence-corrected chi connectivity index (χ3v) is 1.78. The van der Waals surface area contributed by atoms with Gasteiger partial charge >= 0.3 is 6.18 Å². The maximum Gasteiger partial charge on any atom is 0.416 e. The lowest BCUT2D eigenvalue weighted by molar-refractivity contribution is -0.0690. The fraction of sp³-hybridized carbons (Fsp3) is 0.200. The van der Waals surface area contributed by atoms with Crippen LogP contribution in [-0.2, 0) is 0 Å². The van der Waals surface area contributed by atoms with Crippen LogP contribution in [0.2, 0.25) is 0 Å². The summed E-state index contributed by atoms with van der Waals surface area (Å²) >= 11 is 0. The molecule has 0 unspecified atom stereocenters. The van der Waals surface area contributed by atoms with Gasteiger partial charge in [0, 0.05) is 6.54 Å². The van der Waals surface area contributed by atoms with Gasteiger partial charge in [0.05, 0.1) is 5.57 Å². The van der Waals surface area contributed by atoms with Gasteiger partial charge in [0.2, 0.25) is 0 Å². The van der Waals surface area contributed by atoms with Gasteiger partial charge in [0.15, 0.2) is 0 Å². The van der Waals surface area contributed by atoms with Gasteiger partial charge in [-0.3, -0.25) is 0 Å². The summed E-state index contributed by atoms with van der Waals surface area (Å²) in [6, 6.07) is 4.10. The predicted octanol–water partition coefficient (Wildman–Crippen LogP) is 2.73. The van der Waals surface area contributed by atoms with Crippen LogP contribution in [0.4, 0.5) is 17.6 Å². The topological polar surface area (TPSA) is 26.0 Å². The van der Waals surface area contributed by atoms with Gasteiger partial charge in [0.25, 0.3) is 0 Å². The van der Waals surface area contributed by atoms with Crippen molar-refractivity contribution in [2.24, 2.45) is 5.73 Å². The van der Waals surface area contributed by atoms with Gasteiger partial charge in [-0.05, 0) is 17.7 Å². The molecule has 1 nitrogen and oxygen atoms in total. The van der Waals surface area contributed by atoms with Gasteiger partial charge in [-0.1, -0.05) is 18.2 Å². The van der Waals surface area contributed by atoms with Crippen molar-refractivity contribution in [3.8, 4) is 0 Å². The van der Waals surface area contributed by atoms with E-state index in [1.807, 2.05) is 0 Å². The van der Waals surface area contributed by atoms with E-state index in [9.17, 15) is 17.6 Å². The van der Waals surface area contributed by atoms with Crippen molar-refractivity contribution in [2.45, 2.75) is 6.18 Å². The van der Waals surface area contributed by atoms with Gasteiger partial charge in [-0.2, -0.15) is 13.2 Å². The third kappa shape index (κ3) is 3.06. The lowest BCUT2D eigenvalue weighted by Crippen LogP contribution is -2.12. The van der Waals surface area contributed by atoms with E-state index in [4.69, 9.17) is 5.73 Å². The first-order chi connectivity index (χ1) is 6.95. The number of hydrogen-bond acceptors (Lipinski definition) is 1. The minimum atomic E-state index is -4.48. The largest absolute Gasteiger partial charge is 0.416 e. The van der Waals surface area contributed by atoms with Crippen molar-refractivity contribution >= 4 is 5.57 Å². The highest BCUT2D eigenvalue weighted by Crippen LogP contribution is 2.33. The molecule has 2 N–H and O–H groups in total. The summed E-state index contributed by atoms with van der Waals surface area (Å²) in [5.74, 6) is -0.576. The lowest BCUT2D eigenvalue weighted by atomic mass is 10.1. The first-order valence-electron chi connectivity index (χ1n) is 4.18. The molecule has 0 saturated carbocycles. The number of alkyl halides is 3. The van der Waals surface area contributed by atoms with Crippen molar-refractivity contribution in [3.05, 3.63) is 41.7 Å². The Morgan fingerprint density at radius 3 is 2.13 bits per heavy atom. The monoisotopic (exact) mass is 219 g/mol. The van der Waals surface area contributed by atoms with Crippen molar-refractivity contribution in [3.63, 3.8) is 0 Å². The van der Waals surface area contributed by atoms with E-state index in [1.54, 1.807) is 0 Å². The van der Waals surface area contributed by atoms with E-state index >= 15 is 0 Å². The number of benzene rings is 1. The van der Waals surface area contributed by atoms with Crippen molar-refractivity contribution < 1.29 is 17.6 Å². The highest BCUT2D eigenvalue weighted by Gasteiger charge is 2.34. The maximum absolute atomic E-state index is 12.5. The summed E-state index contributed by atoms with van der Waals surface area (Å²) in [6.07, 6.45) is -3.61. The molecule has 0 atom stereocenters. The van der Waals surface area contributed by atoms with E-state index in [1.165, 1.54) is 0 Å². The molecule has 0 radical (unpaired) electrons. The van der Waals surface area contributed by atoms with E-state index in [0.29, 0.717) is 0 Å². The molecule has 0 saturated heterocycles. The van der Waals surface area contributed by atoms with Crippen LogP contribution in [0.3, 0.4) is 0 Å². The smallest absolute Gasteiger partial charge is 0.327 e. The molecule has 0 spiro atoms. The van der Waals surface area contributed by atoms with Crippen molar-refractivity contribution in [1.29, 1.82) is 0 Å². The zero-order valence-electron chi connectivity index (χ0n) is 7.68. The molecule has 82 valence electrons. The Morgan fingerprint density at radius 1 is 1.20 bits per heavy atom. The predicted molar refractivity (Wildman–Crippen MR) is 49.5 cm³/mol. The van der Waals surface area contributed by atoms with Crippen LogP contribution in [-0.4, -0.2) is 12.7 Å². The second-order valence-corrected chi connectivity index (χ2v) is 2.86. The standard InChI is InChI=1S/C10H9F4N/c11-8-3-1-7(2-4-8)9(5-6-15)10(12,13)14/h1-5H,6,15H2/b9-5+. The molecule has 0 aliphatic rings. The summed E-state index contributed by atoms with van der Waals surface area (Å²) in [7, 11) is 0. The zero-order valence-corrected chi connectivity index (χ0v) is 7.68. The molecule has 0 aromatic heterocycles. The Labute approximate surface area is 84.2 Å². The van der Waals surface area contributed by atoms with Crippen LogP contribution in [0, 0.1) is 5.82 Å². The molecule has 0 heterocycles. The molecular formula is C10H9F4N. The summed E-state index contributed by atoms with van der Waals surface area (Å²) in [5.41, 5.74) is 4.11. The van der Waals surface area contributed by atoms with Crippen LogP contribution in [0.1, 0.15) is 5.56 Å². The van der Waals surface area contributed by atoms with Crippen LogP contribution in [0.25, 0.3) is 5.57 Å². The molecule has 0 amide bonds. The molecule has 0 bridgehead atoms. The molecular weight excluding hydrogens is 210 g/mol. The van der Waals surface area contributed by atoms with Gasteiger partial charge < -0.3 is 5.73 Å². The Kier molecular flexibility index (Phi) is 3.47. The Morgan fingerprint density at radius 2 is 1.73 bits per heavy atom. The van der Waals surface area contributed by atoms with Crippen LogP contribution >= 0.6 is 0 Å². The van der Waals surface area contributed by atoms with E-state index < -0.39 is 17.6 Å². The Bertz CT molecular complexity index is 351. The minimum Gasteiger partial charge on any atom is -0.327 e. The third-order valence-electron chi connectivity index (χ3n) is 1.78. The fourth-order valence-electron chi connectivity index (χ4n) is 1.14. The molecule has 0 aliphatic carbocycles. The molecule has 0 fully saturated rings. The highest BCUT2D eigenvalue weighted by molar-refractivity contribution is 5.69. The summed E-state index contributed by atoms with van der Waals surface area (Å²) in [5, 5.41) is 0. The van der Waals surface area contributed by atoms with E-state index in [2.05, 4.69) is 0 Å². The summed E-state index contributed by atoms with van der Waals surface area (Å²) in [6.45, 7) is -0.216. The molecule has 1 aromatic carbocycles. The maximum atomic E-state index is 12.5. The molecule has 5 heteroatoms. The van der Waals surface area contributed by atoms with Crippen molar-refractivity contribution in [2.75, 3.05) is 6.54 Å². The average Bonchev–Trinajstić information content (AvgIpc) is 2.14. The van der Waals surface area contributed by atoms with Gasteiger partial charge in [-0.15, -0.1) is 0 Å². The number of rotatable bonds is 2. The molecule has 15 heavy (non-hydrogen) atoms. The van der Waals surface area contributed by atoms with Crippen molar-refractivity contribution in [1.82, 2.24) is 0 Å². The molecule has 0 aliphatic heterocycles. The van der Waals surface area contributed by atoms with E-state index in [-0.39, 0.29) is 12.1 Å². The minimum absolute atomic E-state index is 0.0886. The first kappa shape index (κ1) is 11.7. The molecule has 1 rings (SSSR count). The molecule has 1 aromatic rings. The summed E-state index contributed by atoms with van der Waals surface area (Å²) < 4.78 is 49.9. The number of allylic oxidation sites excluding steroid dienone is 1. The number of halogens is 4. The van der Waals surface area contributed by atoms with Crippen LogP contribution < -0.4 is 5.73 Å². The Balaban J connectivity index is 3.11. The van der Waals surface area contributed by atoms with Crippen LogP contribution in [0.15, 0.2) is 30.3 Å². The quantitative estimate of drug-likeness (QED) is 0.760. The highest BCUT2D eigenvalue weighted by atomic mass is 19.4. The first-order valence-corrected chi connectivity index (χ1v) is 4.18. The number of nitrogens with two attached hydrogens (primary N) is 1. The fourth-order valence-corrected chi connectivity index (χ4v) is 1.14. The SMILES string of the molecule is NC/C=C(\c1ccc(F)cc1)C(F)(F)F. The second-order valence-electron chi connectivity index (χ2n) is 2.86. The average molecular weight is 219 g/mol. The zero-order chi connectivity index (χ0) is 11.5. The Hall–Kier alpha value is -1.36. The van der Waals surface area contributed by atoms with E-state index in [0.717, 1.165) is 30.3 Å². The van der Waals surface area contributed by atoms with Gasteiger partial charge in [0.1, 0.15) is 5.82 Å². The lowest BCUT2D eigenvalue weighted by Gasteiger charge is -2.11. The van der Waals surface area contributed by atoms with Crippen LogP contribution in [0.5, 0.6) is 0 Å². The second kappa shape index (κ2) is 4.44. The summed E-state index contributed by atoms with van der Waals surface area (Å²) in [4.78, 5) is 0.